The number of carbonyl (C=O) groups is 1. The van der Waals surface area contributed by atoms with Crippen molar-refractivity contribution in [1.82, 2.24) is 9.88 Å². The average Bonchev–Trinajstić information content (AvgIpc) is 3.59. The fraction of sp³-hybridized carbons (Fsp3) is 0.414. The number of piperazine rings is 1. The maximum absolute atomic E-state index is 13.3. The number of rotatable bonds is 8. The van der Waals surface area contributed by atoms with Crippen molar-refractivity contribution in [3.63, 3.8) is 0 Å². The predicted molar refractivity (Wildman–Crippen MR) is 138 cm³/mol. The molecule has 0 radical (unpaired) electrons. The highest BCUT2D eigenvalue weighted by molar-refractivity contribution is 5.79. The lowest BCUT2D eigenvalue weighted by Crippen LogP contribution is -2.56. The molecule has 2 aliphatic rings. The lowest BCUT2D eigenvalue weighted by Gasteiger charge is -2.43. The zero-order chi connectivity index (χ0) is 24.0. The SMILES string of the molecule is COc1ccc(N2CCN(C(=O)Cc3cc[nH]c3)[C@@H](Cc3ccccc3)C2)cc1OC1CCCC1. The minimum atomic E-state index is 0.0962. The van der Waals surface area contributed by atoms with Crippen molar-refractivity contribution in [2.24, 2.45) is 0 Å². The number of nitrogens with one attached hydrogen (secondary N) is 1. The molecular weight excluding hydrogens is 438 g/mol. The Kier molecular flexibility index (Phi) is 7.26. The van der Waals surface area contributed by atoms with Crippen molar-refractivity contribution in [1.29, 1.82) is 0 Å². The Hall–Kier alpha value is -3.41. The highest BCUT2D eigenvalue weighted by atomic mass is 16.5. The van der Waals surface area contributed by atoms with E-state index in [0.29, 0.717) is 13.0 Å². The predicted octanol–water partition coefficient (Wildman–Crippen LogP) is 4.85. The lowest BCUT2D eigenvalue weighted by molar-refractivity contribution is -0.133. The van der Waals surface area contributed by atoms with Gasteiger partial charge in [0.25, 0.3) is 0 Å². The van der Waals surface area contributed by atoms with E-state index in [0.717, 1.165) is 55.1 Å². The van der Waals surface area contributed by atoms with E-state index in [-0.39, 0.29) is 18.1 Å². The molecule has 1 saturated heterocycles. The molecule has 1 N–H and O–H groups in total. The van der Waals surface area contributed by atoms with Crippen LogP contribution in [0.2, 0.25) is 0 Å². The molecule has 0 unspecified atom stereocenters. The van der Waals surface area contributed by atoms with Crippen LogP contribution in [0.25, 0.3) is 0 Å². The summed E-state index contributed by atoms with van der Waals surface area (Å²) < 4.78 is 11.9. The van der Waals surface area contributed by atoms with Crippen LogP contribution in [0.3, 0.4) is 0 Å². The Balaban J connectivity index is 1.35. The van der Waals surface area contributed by atoms with E-state index < -0.39 is 0 Å². The van der Waals surface area contributed by atoms with Gasteiger partial charge in [0.2, 0.25) is 5.91 Å². The maximum Gasteiger partial charge on any atom is 0.227 e. The minimum Gasteiger partial charge on any atom is -0.493 e. The molecule has 184 valence electrons. The Morgan fingerprint density at radius 3 is 2.57 bits per heavy atom. The van der Waals surface area contributed by atoms with Gasteiger partial charge in [-0.05, 0) is 61.4 Å². The van der Waals surface area contributed by atoms with E-state index in [2.05, 4.69) is 51.2 Å². The quantitative estimate of drug-likeness (QED) is 0.508. The summed E-state index contributed by atoms with van der Waals surface area (Å²) in [5, 5.41) is 0. The van der Waals surface area contributed by atoms with Gasteiger partial charge < -0.3 is 24.3 Å². The van der Waals surface area contributed by atoms with E-state index in [9.17, 15) is 4.79 Å². The van der Waals surface area contributed by atoms with Gasteiger partial charge in [0, 0.05) is 43.8 Å². The number of carbonyl (C=O) groups excluding carboxylic acids is 1. The second-order valence-electron chi connectivity index (χ2n) is 9.63. The zero-order valence-electron chi connectivity index (χ0n) is 20.5. The van der Waals surface area contributed by atoms with Gasteiger partial charge in [-0.2, -0.15) is 0 Å². The summed E-state index contributed by atoms with van der Waals surface area (Å²) in [7, 11) is 1.70. The maximum atomic E-state index is 13.3. The first-order valence-corrected chi connectivity index (χ1v) is 12.7. The first-order valence-electron chi connectivity index (χ1n) is 12.7. The van der Waals surface area contributed by atoms with E-state index >= 15 is 0 Å². The molecule has 6 heteroatoms. The van der Waals surface area contributed by atoms with Crippen molar-refractivity contribution in [3.05, 3.63) is 78.1 Å². The number of methoxy groups -OCH3 is 1. The molecule has 1 aliphatic carbocycles. The number of ether oxygens (including phenoxy) is 2. The zero-order valence-corrected chi connectivity index (χ0v) is 20.5. The third kappa shape index (κ3) is 5.64. The first kappa shape index (κ1) is 23.3. The average molecular weight is 474 g/mol. The van der Waals surface area contributed by atoms with Gasteiger partial charge in [-0.1, -0.05) is 30.3 Å². The number of hydrogen-bond acceptors (Lipinski definition) is 4. The fourth-order valence-electron chi connectivity index (χ4n) is 5.36. The van der Waals surface area contributed by atoms with Crippen LogP contribution in [0.4, 0.5) is 5.69 Å². The Labute approximate surface area is 207 Å². The van der Waals surface area contributed by atoms with Gasteiger partial charge in [0.1, 0.15) is 0 Å². The molecule has 6 nitrogen and oxygen atoms in total. The van der Waals surface area contributed by atoms with E-state index in [1.165, 1.54) is 18.4 Å². The number of anilines is 1. The second kappa shape index (κ2) is 10.9. The Morgan fingerprint density at radius 1 is 1.00 bits per heavy atom. The molecule has 1 saturated carbocycles. The summed E-state index contributed by atoms with van der Waals surface area (Å²) >= 11 is 0. The van der Waals surface area contributed by atoms with Crippen molar-refractivity contribution < 1.29 is 14.3 Å². The Morgan fingerprint density at radius 2 is 1.83 bits per heavy atom. The van der Waals surface area contributed by atoms with E-state index in [4.69, 9.17) is 9.47 Å². The number of aromatic nitrogens is 1. The van der Waals surface area contributed by atoms with Crippen molar-refractivity contribution in [2.75, 3.05) is 31.6 Å². The van der Waals surface area contributed by atoms with Gasteiger partial charge in [-0.15, -0.1) is 0 Å². The number of nitrogens with zero attached hydrogens (tertiary/aromatic N) is 2. The Bertz CT molecular complexity index is 1090. The normalized spacial score (nSPS) is 18.6. The minimum absolute atomic E-state index is 0.0962. The summed E-state index contributed by atoms with van der Waals surface area (Å²) in [6.45, 7) is 2.27. The molecule has 1 aromatic heterocycles. The molecule has 1 aliphatic heterocycles. The summed E-state index contributed by atoms with van der Waals surface area (Å²) in [6, 6.07) is 18.8. The monoisotopic (exact) mass is 473 g/mol. The van der Waals surface area contributed by atoms with Gasteiger partial charge in [0.15, 0.2) is 11.5 Å². The van der Waals surface area contributed by atoms with Crippen LogP contribution < -0.4 is 14.4 Å². The molecule has 2 aromatic carbocycles. The van der Waals surface area contributed by atoms with Gasteiger partial charge in [0.05, 0.1) is 25.7 Å². The number of aromatic amines is 1. The standard InChI is InChI=1S/C29H35N3O3/c1-34-27-12-11-24(19-28(27)35-26-9-5-6-10-26)31-15-16-32(29(33)18-23-13-14-30-20-23)25(21-31)17-22-7-3-2-4-8-22/h2-4,7-8,11-14,19-20,25-26,30H,5-6,9-10,15-18,21H2,1H3/t25-/m0/s1. The van der Waals surface area contributed by atoms with Crippen LogP contribution >= 0.6 is 0 Å². The molecule has 0 spiro atoms. The van der Waals surface area contributed by atoms with Crippen LogP contribution in [0.5, 0.6) is 11.5 Å². The molecule has 2 fully saturated rings. The van der Waals surface area contributed by atoms with Crippen LogP contribution in [0, 0.1) is 0 Å². The highest BCUT2D eigenvalue weighted by Crippen LogP contribution is 2.36. The molecule has 0 bridgehead atoms. The smallest absolute Gasteiger partial charge is 0.227 e. The third-order valence-electron chi connectivity index (χ3n) is 7.24. The first-order chi connectivity index (χ1) is 17.2. The molecule has 2 heterocycles. The van der Waals surface area contributed by atoms with E-state index in [1.54, 1.807) is 7.11 Å². The van der Waals surface area contributed by atoms with E-state index in [1.807, 2.05) is 30.6 Å². The van der Waals surface area contributed by atoms with Crippen molar-refractivity contribution in [3.8, 4) is 11.5 Å². The summed E-state index contributed by atoms with van der Waals surface area (Å²) in [5.74, 6) is 1.79. The highest BCUT2D eigenvalue weighted by Gasteiger charge is 2.31. The number of benzene rings is 2. The topological polar surface area (TPSA) is 57.8 Å². The number of amides is 1. The third-order valence-corrected chi connectivity index (χ3v) is 7.24. The molecular formula is C29H35N3O3. The number of hydrogen-bond donors (Lipinski definition) is 1. The van der Waals surface area contributed by atoms with Crippen LogP contribution in [-0.2, 0) is 17.6 Å². The van der Waals surface area contributed by atoms with Gasteiger partial charge >= 0.3 is 0 Å². The van der Waals surface area contributed by atoms with Crippen molar-refractivity contribution >= 4 is 11.6 Å². The summed E-state index contributed by atoms with van der Waals surface area (Å²) in [4.78, 5) is 20.8. The van der Waals surface area contributed by atoms with Crippen LogP contribution in [-0.4, -0.2) is 54.7 Å². The summed E-state index contributed by atoms with van der Waals surface area (Å²) in [6.07, 6.45) is 9.98. The molecule has 3 aromatic rings. The van der Waals surface area contributed by atoms with Crippen LogP contribution in [0.1, 0.15) is 36.8 Å². The van der Waals surface area contributed by atoms with Crippen molar-refractivity contribution in [2.45, 2.75) is 50.7 Å². The largest absolute Gasteiger partial charge is 0.493 e. The molecule has 1 atom stereocenters. The second-order valence-corrected chi connectivity index (χ2v) is 9.63. The molecule has 35 heavy (non-hydrogen) atoms. The number of H-pyrrole nitrogens is 1. The van der Waals surface area contributed by atoms with Crippen LogP contribution in [0.15, 0.2) is 67.0 Å². The summed E-state index contributed by atoms with van der Waals surface area (Å²) in [5.41, 5.74) is 3.40. The van der Waals surface area contributed by atoms with Gasteiger partial charge in [-0.3, -0.25) is 4.79 Å². The molecule has 1 amide bonds. The fourth-order valence-corrected chi connectivity index (χ4v) is 5.36. The van der Waals surface area contributed by atoms with Gasteiger partial charge in [-0.25, -0.2) is 0 Å². The molecule has 5 rings (SSSR count). The lowest BCUT2D eigenvalue weighted by atomic mass is 10.0.